The van der Waals surface area contributed by atoms with Crippen molar-refractivity contribution in [3.63, 3.8) is 0 Å². The molecule has 0 saturated heterocycles. The Bertz CT molecular complexity index is 265. The van der Waals surface area contributed by atoms with Gasteiger partial charge < -0.3 is 4.74 Å². The lowest BCUT2D eigenvalue weighted by atomic mass is 10.0. The van der Waals surface area contributed by atoms with E-state index in [2.05, 4.69) is 18.9 Å². The molecule has 0 fully saturated rings. The monoisotopic (exact) mass is 152 g/mol. The molecule has 0 atom stereocenters. The van der Waals surface area contributed by atoms with Crippen LogP contribution >= 0.6 is 0 Å². The van der Waals surface area contributed by atoms with E-state index in [0.29, 0.717) is 0 Å². The summed E-state index contributed by atoms with van der Waals surface area (Å²) >= 11 is 0. The first kappa shape index (κ1) is 6.70. The van der Waals surface area contributed by atoms with Gasteiger partial charge in [-0.2, -0.15) is 5.10 Å². The Morgan fingerprint density at radius 3 is 3.27 bits per heavy atom. The summed E-state index contributed by atoms with van der Waals surface area (Å²) in [5.41, 5.74) is -0.0178. The molecule has 0 spiro atoms. The molecule has 1 aliphatic rings. The average Bonchev–Trinajstić information content (AvgIpc) is 2.31. The van der Waals surface area contributed by atoms with Crippen molar-refractivity contribution in [1.29, 1.82) is 0 Å². The van der Waals surface area contributed by atoms with E-state index in [1.165, 1.54) is 0 Å². The fraction of sp³-hybridized carbons (Fsp3) is 0.625. The third kappa shape index (κ3) is 1.11. The average molecular weight is 152 g/mol. The minimum absolute atomic E-state index is 0.0178. The predicted molar refractivity (Wildman–Crippen MR) is 41.6 cm³/mol. The number of nitrogens with zero attached hydrogens (tertiary/aromatic N) is 2. The van der Waals surface area contributed by atoms with Gasteiger partial charge in [-0.3, -0.25) is 0 Å². The van der Waals surface area contributed by atoms with Gasteiger partial charge in [0.15, 0.2) is 0 Å². The zero-order valence-corrected chi connectivity index (χ0v) is 6.87. The van der Waals surface area contributed by atoms with Crippen LogP contribution in [0.1, 0.15) is 20.3 Å². The second-order valence-electron chi connectivity index (χ2n) is 3.50. The highest BCUT2D eigenvalue weighted by atomic mass is 16.5. The molecule has 1 aromatic heterocycles. The molecule has 0 saturated carbocycles. The van der Waals surface area contributed by atoms with Crippen LogP contribution in [-0.2, 0) is 6.54 Å². The van der Waals surface area contributed by atoms with Crippen molar-refractivity contribution < 1.29 is 4.74 Å². The molecule has 0 aliphatic carbocycles. The van der Waals surface area contributed by atoms with Crippen LogP contribution in [0.3, 0.4) is 0 Å². The molecule has 2 heterocycles. The highest BCUT2D eigenvalue weighted by Gasteiger charge is 2.26. The first-order valence-electron chi connectivity index (χ1n) is 3.88. The van der Waals surface area contributed by atoms with Crippen LogP contribution in [0.25, 0.3) is 0 Å². The van der Waals surface area contributed by atoms with E-state index >= 15 is 0 Å². The van der Waals surface area contributed by atoms with Crippen molar-refractivity contribution in [3.8, 4) is 5.88 Å². The van der Waals surface area contributed by atoms with Crippen molar-refractivity contribution in [1.82, 2.24) is 9.78 Å². The van der Waals surface area contributed by atoms with Gasteiger partial charge in [0, 0.05) is 19.0 Å². The van der Waals surface area contributed by atoms with Gasteiger partial charge in [-0.05, 0) is 13.8 Å². The van der Waals surface area contributed by atoms with E-state index in [0.717, 1.165) is 18.8 Å². The van der Waals surface area contributed by atoms with Crippen LogP contribution in [-0.4, -0.2) is 15.4 Å². The van der Waals surface area contributed by atoms with Gasteiger partial charge in [0.1, 0.15) is 5.60 Å². The van der Waals surface area contributed by atoms with Crippen molar-refractivity contribution >= 4 is 0 Å². The van der Waals surface area contributed by atoms with E-state index in [1.807, 2.05) is 10.7 Å². The normalized spacial score (nSPS) is 20.5. The molecule has 3 nitrogen and oxygen atoms in total. The largest absolute Gasteiger partial charge is 0.472 e. The van der Waals surface area contributed by atoms with Gasteiger partial charge in [0.05, 0.1) is 6.20 Å². The molecule has 0 aromatic carbocycles. The molecular formula is C8H12N2O. The zero-order chi connectivity index (χ0) is 7.90. The minimum atomic E-state index is -0.0178. The van der Waals surface area contributed by atoms with Gasteiger partial charge in [-0.25, -0.2) is 4.68 Å². The number of hydrogen-bond donors (Lipinski definition) is 0. The predicted octanol–water partition coefficient (Wildman–Crippen LogP) is 1.44. The molecule has 0 bridgehead atoms. The quantitative estimate of drug-likeness (QED) is 0.562. The molecule has 3 heteroatoms. The third-order valence-corrected chi connectivity index (χ3v) is 1.98. The number of fused-ring (bicyclic) bond motifs is 1. The maximum atomic E-state index is 5.66. The third-order valence-electron chi connectivity index (χ3n) is 1.98. The van der Waals surface area contributed by atoms with Crippen molar-refractivity contribution in [2.24, 2.45) is 0 Å². The van der Waals surface area contributed by atoms with Crippen molar-refractivity contribution in [3.05, 3.63) is 12.3 Å². The van der Waals surface area contributed by atoms with Crippen LogP contribution in [0.2, 0.25) is 0 Å². The van der Waals surface area contributed by atoms with E-state index in [1.54, 1.807) is 6.20 Å². The summed E-state index contributed by atoms with van der Waals surface area (Å²) in [5.74, 6) is 0.890. The van der Waals surface area contributed by atoms with Gasteiger partial charge in [0.2, 0.25) is 5.88 Å². The number of rotatable bonds is 0. The summed E-state index contributed by atoms with van der Waals surface area (Å²) in [4.78, 5) is 0. The summed E-state index contributed by atoms with van der Waals surface area (Å²) in [5, 5.41) is 4.11. The SMILES string of the molecule is CC1(C)CCn2nccc2O1. The summed E-state index contributed by atoms with van der Waals surface area (Å²) in [6, 6.07) is 1.90. The highest BCUT2D eigenvalue weighted by Crippen LogP contribution is 2.26. The number of ether oxygens (including phenoxy) is 1. The molecule has 2 rings (SSSR count). The molecule has 1 aliphatic heterocycles. The van der Waals surface area contributed by atoms with Gasteiger partial charge in [-0.15, -0.1) is 0 Å². The second kappa shape index (κ2) is 2.00. The number of hydrogen-bond acceptors (Lipinski definition) is 2. The minimum Gasteiger partial charge on any atom is -0.472 e. The fourth-order valence-electron chi connectivity index (χ4n) is 1.28. The van der Waals surface area contributed by atoms with Crippen LogP contribution in [0.5, 0.6) is 5.88 Å². The maximum Gasteiger partial charge on any atom is 0.212 e. The first-order chi connectivity index (χ1) is 5.17. The molecular weight excluding hydrogens is 140 g/mol. The van der Waals surface area contributed by atoms with Gasteiger partial charge in [-0.1, -0.05) is 0 Å². The lowest BCUT2D eigenvalue weighted by Crippen LogP contribution is -2.34. The van der Waals surface area contributed by atoms with Crippen LogP contribution in [0.4, 0.5) is 0 Å². The van der Waals surface area contributed by atoms with E-state index in [-0.39, 0.29) is 5.60 Å². The molecule has 0 unspecified atom stereocenters. The Labute approximate surface area is 66.0 Å². The van der Waals surface area contributed by atoms with E-state index < -0.39 is 0 Å². The van der Waals surface area contributed by atoms with Crippen LogP contribution < -0.4 is 4.74 Å². The maximum absolute atomic E-state index is 5.66. The number of aromatic nitrogens is 2. The van der Waals surface area contributed by atoms with Crippen LogP contribution in [0.15, 0.2) is 12.3 Å². The summed E-state index contributed by atoms with van der Waals surface area (Å²) in [6.07, 6.45) is 2.80. The smallest absolute Gasteiger partial charge is 0.212 e. The lowest BCUT2D eigenvalue weighted by Gasteiger charge is -2.30. The fourth-order valence-corrected chi connectivity index (χ4v) is 1.28. The Morgan fingerprint density at radius 2 is 2.45 bits per heavy atom. The summed E-state index contributed by atoms with van der Waals surface area (Å²) in [7, 11) is 0. The topological polar surface area (TPSA) is 27.1 Å². The molecule has 60 valence electrons. The molecule has 0 N–H and O–H groups in total. The standard InChI is InChI=1S/C8H12N2O/c1-8(2)4-6-10-7(11-8)3-5-9-10/h3,5H,4,6H2,1-2H3. The first-order valence-corrected chi connectivity index (χ1v) is 3.88. The Morgan fingerprint density at radius 1 is 1.64 bits per heavy atom. The Balaban J connectivity index is 2.32. The van der Waals surface area contributed by atoms with Crippen molar-refractivity contribution in [2.45, 2.75) is 32.4 Å². The zero-order valence-electron chi connectivity index (χ0n) is 6.87. The highest BCUT2D eigenvalue weighted by molar-refractivity contribution is 5.11. The van der Waals surface area contributed by atoms with E-state index in [9.17, 15) is 0 Å². The van der Waals surface area contributed by atoms with Crippen LogP contribution in [0, 0.1) is 0 Å². The van der Waals surface area contributed by atoms with Gasteiger partial charge >= 0.3 is 0 Å². The number of aryl methyl sites for hydroxylation is 1. The molecule has 0 amide bonds. The lowest BCUT2D eigenvalue weighted by molar-refractivity contribution is 0.0535. The molecule has 1 aromatic rings. The molecule has 0 radical (unpaired) electrons. The summed E-state index contributed by atoms with van der Waals surface area (Å²) in [6.45, 7) is 5.17. The van der Waals surface area contributed by atoms with Gasteiger partial charge in [0.25, 0.3) is 0 Å². The molecule has 11 heavy (non-hydrogen) atoms. The Hall–Kier alpha value is -0.990. The van der Waals surface area contributed by atoms with E-state index in [4.69, 9.17) is 4.74 Å². The summed E-state index contributed by atoms with van der Waals surface area (Å²) < 4.78 is 7.55. The second-order valence-corrected chi connectivity index (χ2v) is 3.50. The Kier molecular flexibility index (Phi) is 1.22. The van der Waals surface area contributed by atoms with Crippen molar-refractivity contribution in [2.75, 3.05) is 0 Å².